The second-order valence-electron chi connectivity index (χ2n) is 4.31. The van der Waals surface area contributed by atoms with E-state index in [4.69, 9.17) is 0 Å². The molecule has 0 aromatic heterocycles. The highest BCUT2D eigenvalue weighted by Gasteiger charge is 2.88. The summed E-state index contributed by atoms with van der Waals surface area (Å²) in [5, 5.41) is 0. The molecule has 0 heterocycles. The van der Waals surface area contributed by atoms with Gasteiger partial charge in [-0.15, -0.1) is 0 Å². The van der Waals surface area contributed by atoms with Crippen LogP contribution in [0, 0.1) is 23.3 Å². The van der Waals surface area contributed by atoms with Crippen molar-refractivity contribution in [2.24, 2.45) is 0 Å². The number of fused-ring (bicyclic) bond motifs is 1. The molecule has 0 N–H and O–H groups in total. The molecular weight excluding hydrogens is 348 g/mol. The first-order valence-corrected chi connectivity index (χ1v) is 5.02. The largest absolute Gasteiger partial charge is 0.433 e. The minimum atomic E-state index is -6.87. The van der Waals surface area contributed by atoms with Crippen LogP contribution in [0.15, 0.2) is 0 Å². The average Bonchev–Trinajstić information content (AvgIpc) is 2.49. The van der Waals surface area contributed by atoms with Gasteiger partial charge in [0.1, 0.15) is 0 Å². The molecule has 0 bridgehead atoms. The number of halogens is 12. The summed E-state index contributed by atoms with van der Waals surface area (Å²) in [6, 6.07) is 0. The van der Waals surface area contributed by atoms with Gasteiger partial charge in [0.05, 0.1) is 11.1 Å². The average molecular weight is 348 g/mol. The quantitative estimate of drug-likeness (QED) is 0.362. The Morgan fingerprint density at radius 1 is 0.591 bits per heavy atom. The second-order valence-corrected chi connectivity index (χ2v) is 4.31. The third-order valence-electron chi connectivity index (χ3n) is 3.14. The Morgan fingerprint density at radius 3 is 1.32 bits per heavy atom. The standard InChI is InChI=1S/C10F12/c11-3-1-2(4(12)6(14)5(3)13)8(16,17)9(18,19)7(1,15)10(20,21)22. The van der Waals surface area contributed by atoms with Crippen LogP contribution in [-0.2, 0) is 11.6 Å². The first-order chi connectivity index (χ1) is 9.64. The monoisotopic (exact) mass is 348 g/mol. The topological polar surface area (TPSA) is 0 Å². The lowest BCUT2D eigenvalue weighted by atomic mass is 9.93. The fraction of sp³-hybridized carbons (Fsp3) is 0.400. The van der Waals surface area contributed by atoms with Crippen LogP contribution in [0.4, 0.5) is 52.7 Å². The molecule has 1 aliphatic rings. The van der Waals surface area contributed by atoms with Crippen LogP contribution >= 0.6 is 0 Å². The molecule has 0 aliphatic heterocycles. The molecule has 0 fully saturated rings. The smallest absolute Gasteiger partial charge is 0.221 e. The van der Waals surface area contributed by atoms with E-state index in [1.54, 1.807) is 0 Å². The number of hydrogen-bond donors (Lipinski definition) is 0. The highest BCUT2D eigenvalue weighted by atomic mass is 19.4. The summed E-state index contributed by atoms with van der Waals surface area (Å²) >= 11 is 0. The van der Waals surface area contributed by atoms with Crippen LogP contribution in [0.25, 0.3) is 0 Å². The zero-order valence-electron chi connectivity index (χ0n) is 9.54. The summed E-state index contributed by atoms with van der Waals surface area (Å²) < 4.78 is 157. The molecule has 12 heteroatoms. The van der Waals surface area contributed by atoms with E-state index < -0.39 is 58.1 Å². The normalized spacial score (nSPS) is 26.2. The van der Waals surface area contributed by atoms with E-state index in [0.717, 1.165) is 0 Å². The van der Waals surface area contributed by atoms with Gasteiger partial charge < -0.3 is 0 Å². The summed E-state index contributed by atoms with van der Waals surface area (Å²) in [5.41, 5.74) is -13.0. The summed E-state index contributed by atoms with van der Waals surface area (Å²) in [6.45, 7) is 0. The fourth-order valence-corrected chi connectivity index (χ4v) is 2.10. The first kappa shape index (κ1) is 16.7. The maximum atomic E-state index is 13.8. The summed E-state index contributed by atoms with van der Waals surface area (Å²) in [4.78, 5) is 0. The van der Waals surface area contributed by atoms with Gasteiger partial charge in [-0.05, 0) is 0 Å². The molecule has 0 nitrogen and oxygen atoms in total. The van der Waals surface area contributed by atoms with Gasteiger partial charge in [-0.1, -0.05) is 0 Å². The summed E-state index contributed by atoms with van der Waals surface area (Å²) in [5.74, 6) is -25.8. The lowest BCUT2D eigenvalue weighted by molar-refractivity contribution is -0.350. The van der Waals surface area contributed by atoms with Gasteiger partial charge in [0, 0.05) is 0 Å². The Bertz CT molecular complexity index is 657. The predicted molar refractivity (Wildman–Crippen MR) is 44.0 cm³/mol. The van der Waals surface area contributed by atoms with Crippen LogP contribution in [-0.4, -0.2) is 12.1 Å². The molecule has 22 heavy (non-hydrogen) atoms. The summed E-state index contributed by atoms with van der Waals surface area (Å²) in [6.07, 6.45) is -6.87. The molecule has 1 aromatic rings. The minimum absolute atomic E-state index is 3.07. The van der Waals surface area contributed by atoms with Crippen molar-refractivity contribution in [3.63, 3.8) is 0 Å². The van der Waals surface area contributed by atoms with Crippen molar-refractivity contribution in [2.75, 3.05) is 0 Å². The number of hydrogen-bond acceptors (Lipinski definition) is 0. The molecule has 0 saturated heterocycles. The van der Waals surface area contributed by atoms with E-state index >= 15 is 0 Å². The molecule has 124 valence electrons. The van der Waals surface area contributed by atoms with Crippen molar-refractivity contribution in [3.05, 3.63) is 34.4 Å². The lowest BCUT2D eigenvalue weighted by Gasteiger charge is -2.31. The Labute approximate surface area is 112 Å². The third-order valence-corrected chi connectivity index (χ3v) is 3.14. The van der Waals surface area contributed by atoms with Gasteiger partial charge in [-0.2, -0.15) is 30.7 Å². The van der Waals surface area contributed by atoms with Crippen molar-refractivity contribution < 1.29 is 52.7 Å². The summed E-state index contributed by atoms with van der Waals surface area (Å²) in [7, 11) is 0. The number of alkyl halides is 8. The molecule has 0 amide bonds. The van der Waals surface area contributed by atoms with Gasteiger partial charge in [0.25, 0.3) is 0 Å². The molecule has 0 spiro atoms. The maximum Gasteiger partial charge on any atom is 0.433 e. The second kappa shape index (κ2) is 4.02. The number of benzene rings is 1. The molecule has 1 unspecified atom stereocenters. The Hall–Kier alpha value is -1.62. The maximum absolute atomic E-state index is 13.8. The third kappa shape index (κ3) is 1.47. The van der Waals surface area contributed by atoms with Crippen LogP contribution in [0.1, 0.15) is 11.1 Å². The highest BCUT2D eigenvalue weighted by molar-refractivity contribution is 5.49. The van der Waals surface area contributed by atoms with Crippen LogP contribution < -0.4 is 0 Å². The minimum Gasteiger partial charge on any atom is -0.221 e. The van der Waals surface area contributed by atoms with Crippen molar-refractivity contribution in [1.29, 1.82) is 0 Å². The van der Waals surface area contributed by atoms with Crippen LogP contribution in [0.2, 0.25) is 0 Å². The molecular formula is C10F12. The Kier molecular flexibility index (Phi) is 3.06. The van der Waals surface area contributed by atoms with Crippen molar-refractivity contribution >= 4 is 0 Å². The molecule has 1 aliphatic carbocycles. The van der Waals surface area contributed by atoms with E-state index in [9.17, 15) is 52.7 Å². The van der Waals surface area contributed by atoms with Gasteiger partial charge in [0.15, 0.2) is 23.3 Å². The van der Waals surface area contributed by atoms with Crippen molar-refractivity contribution in [1.82, 2.24) is 0 Å². The zero-order chi connectivity index (χ0) is 17.5. The fourth-order valence-electron chi connectivity index (χ4n) is 2.10. The van der Waals surface area contributed by atoms with Crippen LogP contribution in [0.3, 0.4) is 0 Å². The Balaban J connectivity index is 3.10. The molecule has 1 aromatic carbocycles. The van der Waals surface area contributed by atoms with E-state index in [2.05, 4.69) is 0 Å². The lowest BCUT2D eigenvalue weighted by Crippen LogP contribution is -2.54. The molecule has 0 saturated carbocycles. The zero-order valence-corrected chi connectivity index (χ0v) is 9.54. The predicted octanol–water partition coefficient (Wildman–Crippen LogP) is 4.71. The van der Waals surface area contributed by atoms with E-state index in [-0.39, 0.29) is 0 Å². The van der Waals surface area contributed by atoms with Gasteiger partial charge in [0.2, 0.25) is 0 Å². The van der Waals surface area contributed by atoms with E-state index in [0.29, 0.717) is 0 Å². The SMILES string of the molecule is Fc1c(F)c(F)c2c(c1F)C(F)(F)C(F)(F)C2(F)C(F)(F)F. The van der Waals surface area contributed by atoms with Crippen LogP contribution in [0.5, 0.6) is 0 Å². The molecule has 1 atom stereocenters. The number of rotatable bonds is 0. The molecule has 0 radical (unpaired) electrons. The van der Waals surface area contributed by atoms with E-state index in [1.807, 2.05) is 0 Å². The van der Waals surface area contributed by atoms with E-state index in [1.165, 1.54) is 0 Å². The van der Waals surface area contributed by atoms with Crippen molar-refractivity contribution in [2.45, 2.75) is 23.7 Å². The molecule has 2 rings (SSSR count). The van der Waals surface area contributed by atoms with Gasteiger partial charge >= 0.3 is 23.7 Å². The first-order valence-electron chi connectivity index (χ1n) is 5.02. The Morgan fingerprint density at radius 2 is 0.955 bits per heavy atom. The van der Waals surface area contributed by atoms with Gasteiger partial charge in [-0.3, -0.25) is 0 Å². The van der Waals surface area contributed by atoms with Gasteiger partial charge in [-0.25, -0.2) is 22.0 Å². The highest BCUT2D eigenvalue weighted by Crippen LogP contribution is 2.68. The van der Waals surface area contributed by atoms with Crippen molar-refractivity contribution in [3.8, 4) is 0 Å².